The molecule has 5 rings (SSSR count). The molecule has 0 N–H and O–H groups in total. The van der Waals surface area contributed by atoms with Gasteiger partial charge < -0.3 is 14.4 Å². The van der Waals surface area contributed by atoms with Crippen LogP contribution < -0.4 is 14.4 Å². The van der Waals surface area contributed by atoms with Crippen molar-refractivity contribution in [3.8, 4) is 22.6 Å². The van der Waals surface area contributed by atoms with Gasteiger partial charge in [-0.25, -0.2) is 14.3 Å². The third kappa shape index (κ3) is 5.50. The molecule has 10 heteroatoms. The van der Waals surface area contributed by atoms with E-state index in [1.54, 1.807) is 44.9 Å². The molecule has 0 atom stereocenters. The molecule has 0 unspecified atom stereocenters. The van der Waals surface area contributed by atoms with Crippen molar-refractivity contribution in [1.29, 1.82) is 0 Å². The molecule has 4 aromatic heterocycles. The zero-order chi connectivity index (χ0) is 25.8. The Bertz CT molecular complexity index is 1490. The van der Waals surface area contributed by atoms with Gasteiger partial charge in [-0.3, -0.25) is 13.9 Å². The lowest BCUT2D eigenvalue weighted by Crippen LogP contribution is -2.20. The van der Waals surface area contributed by atoms with Gasteiger partial charge in [0.1, 0.15) is 23.1 Å². The highest BCUT2D eigenvalue weighted by Crippen LogP contribution is 2.34. The van der Waals surface area contributed by atoms with Crippen LogP contribution >= 0.6 is 12.1 Å². The van der Waals surface area contributed by atoms with Crippen molar-refractivity contribution in [3.63, 3.8) is 0 Å². The largest absolute Gasteiger partial charge is 0.497 e. The van der Waals surface area contributed by atoms with Crippen LogP contribution in [0.2, 0.25) is 0 Å². The second kappa shape index (κ2) is 10.9. The molecule has 4 heterocycles. The van der Waals surface area contributed by atoms with Crippen molar-refractivity contribution in [2.75, 3.05) is 33.2 Å². The number of ether oxygens (including phenoxy) is 2. The maximum absolute atomic E-state index is 5.56. The van der Waals surface area contributed by atoms with E-state index in [1.165, 1.54) is 0 Å². The summed E-state index contributed by atoms with van der Waals surface area (Å²) in [6.07, 6.45) is 9.15. The summed E-state index contributed by atoms with van der Waals surface area (Å²) in [6.45, 7) is 0.472. The van der Waals surface area contributed by atoms with Gasteiger partial charge in [-0.1, -0.05) is 0 Å². The van der Waals surface area contributed by atoms with Crippen LogP contribution in [0.15, 0.2) is 79.5 Å². The number of methoxy groups -OCH3 is 2. The molecule has 0 aliphatic heterocycles. The minimum absolute atomic E-state index is 0.472. The molecule has 0 spiro atoms. The number of hydrogen-bond acceptors (Lipinski definition) is 9. The first-order valence-electron chi connectivity index (χ1n) is 11.6. The monoisotopic (exact) mass is 513 g/mol. The standard InChI is InChI=1S/C27H27N7O2S/c1-32(2)37-34-12-11-29-27(34)18-33(21-14-22(35-3)16-23(15-21)36-4)26-6-5-24-25(31-26)13-20(17-30-24)19-7-9-28-10-8-19/h5-17H,18H2,1-4H3. The van der Waals surface area contributed by atoms with Crippen LogP contribution in [-0.2, 0) is 6.54 Å². The van der Waals surface area contributed by atoms with Crippen molar-refractivity contribution < 1.29 is 9.47 Å². The van der Waals surface area contributed by atoms with E-state index in [4.69, 9.17) is 14.5 Å². The number of pyridine rings is 3. The fraction of sp³-hybridized carbons (Fsp3) is 0.185. The normalized spacial score (nSPS) is 11.2. The molecule has 1 aromatic carbocycles. The summed E-state index contributed by atoms with van der Waals surface area (Å²) in [6, 6.07) is 15.7. The van der Waals surface area contributed by atoms with Gasteiger partial charge in [0.15, 0.2) is 0 Å². The van der Waals surface area contributed by atoms with Gasteiger partial charge in [0, 0.05) is 66.9 Å². The highest BCUT2D eigenvalue weighted by molar-refractivity contribution is 7.95. The number of nitrogens with zero attached hydrogens (tertiary/aromatic N) is 7. The lowest BCUT2D eigenvalue weighted by molar-refractivity contribution is 0.394. The summed E-state index contributed by atoms with van der Waals surface area (Å²) >= 11 is 1.56. The zero-order valence-electron chi connectivity index (χ0n) is 21.1. The Morgan fingerprint density at radius 3 is 2.30 bits per heavy atom. The van der Waals surface area contributed by atoms with Crippen LogP contribution in [0.3, 0.4) is 0 Å². The molecule has 37 heavy (non-hydrogen) atoms. The second-order valence-electron chi connectivity index (χ2n) is 8.39. The minimum atomic E-state index is 0.472. The van der Waals surface area contributed by atoms with Crippen molar-refractivity contribution in [2.24, 2.45) is 0 Å². The second-order valence-corrected chi connectivity index (χ2v) is 9.67. The van der Waals surface area contributed by atoms with E-state index in [2.05, 4.69) is 19.9 Å². The maximum Gasteiger partial charge on any atom is 0.139 e. The lowest BCUT2D eigenvalue weighted by Gasteiger charge is -2.25. The van der Waals surface area contributed by atoms with Gasteiger partial charge >= 0.3 is 0 Å². The first-order valence-corrected chi connectivity index (χ1v) is 12.3. The van der Waals surface area contributed by atoms with Gasteiger partial charge in [-0.15, -0.1) is 0 Å². The van der Waals surface area contributed by atoms with Crippen LogP contribution in [0.1, 0.15) is 5.82 Å². The topological polar surface area (TPSA) is 81.4 Å². The molecular weight excluding hydrogens is 486 g/mol. The number of benzene rings is 1. The van der Waals surface area contributed by atoms with E-state index < -0.39 is 0 Å². The van der Waals surface area contributed by atoms with E-state index in [9.17, 15) is 0 Å². The summed E-state index contributed by atoms with van der Waals surface area (Å²) < 4.78 is 15.2. The van der Waals surface area contributed by atoms with E-state index in [-0.39, 0.29) is 0 Å². The SMILES string of the molecule is COc1cc(OC)cc(N(Cc2nccn2SN(C)C)c2ccc3ncc(-c4ccncc4)cc3n2)c1. The Kier molecular flexibility index (Phi) is 7.20. The fourth-order valence-corrected chi connectivity index (χ4v) is 4.59. The van der Waals surface area contributed by atoms with Crippen molar-refractivity contribution in [1.82, 2.24) is 28.2 Å². The molecule has 9 nitrogen and oxygen atoms in total. The Hall–Kier alpha value is -4.15. The fourth-order valence-electron chi connectivity index (χ4n) is 3.93. The first-order chi connectivity index (χ1) is 18.0. The Balaban J connectivity index is 1.61. The predicted molar refractivity (Wildman–Crippen MR) is 147 cm³/mol. The third-order valence-corrected chi connectivity index (χ3v) is 6.53. The molecular formula is C27H27N7O2S. The third-order valence-electron chi connectivity index (χ3n) is 5.69. The number of imidazole rings is 1. The first kappa shape index (κ1) is 24.5. The minimum Gasteiger partial charge on any atom is -0.497 e. The molecule has 5 aromatic rings. The Morgan fingerprint density at radius 1 is 0.838 bits per heavy atom. The highest BCUT2D eigenvalue weighted by atomic mass is 32.2. The van der Waals surface area contributed by atoms with Gasteiger partial charge in [-0.05, 0) is 50.0 Å². The molecule has 188 valence electrons. The van der Waals surface area contributed by atoms with E-state index in [0.29, 0.717) is 18.0 Å². The number of hydrogen-bond donors (Lipinski definition) is 0. The summed E-state index contributed by atoms with van der Waals surface area (Å²) in [5, 5.41) is 0. The van der Waals surface area contributed by atoms with E-state index >= 15 is 0 Å². The molecule has 0 fully saturated rings. The molecule has 0 saturated heterocycles. The van der Waals surface area contributed by atoms with Gasteiger partial charge in [0.05, 0.1) is 37.5 Å². The van der Waals surface area contributed by atoms with Gasteiger partial charge in [-0.2, -0.15) is 0 Å². The quantitative estimate of drug-likeness (QED) is 0.247. The van der Waals surface area contributed by atoms with Crippen LogP contribution in [-0.4, -0.2) is 56.5 Å². The number of anilines is 2. The van der Waals surface area contributed by atoms with Gasteiger partial charge in [0.25, 0.3) is 0 Å². The summed E-state index contributed by atoms with van der Waals surface area (Å²) in [4.78, 5) is 20.5. The Morgan fingerprint density at radius 2 is 1.59 bits per heavy atom. The summed E-state index contributed by atoms with van der Waals surface area (Å²) in [5.74, 6) is 2.99. The smallest absolute Gasteiger partial charge is 0.139 e. The van der Waals surface area contributed by atoms with Crippen LogP contribution in [0.4, 0.5) is 11.5 Å². The van der Waals surface area contributed by atoms with Crippen LogP contribution in [0.25, 0.3) is 22.2 Å². The average Bonchev–Trinajstić information content (AvgIpc) is 3.36. The van der Waals surface area contributed by atoms with E-state index in [0.717, 1.165) is 39.5 Å². The molecule has 0 aliphatic rings. The zero-order valence-corrected chi connectivity index (χ0v) is 21.9. The van der Waals surface area contributed by atoms with Gasteiger partial charge in [0.2, 0.25) is 0 Å². The maximum atomic E-state index is 5.56. The number of fused-ring (bicyclic) bond motifs is 1. The molecule has 0 radical (unpaired) electrons. The van der Waals surface area contributed by atoms with Crippen LogP contribution in [0, 0.1) is 0 Å². The van der Waals surface area contributed by atoms with Crippen molar-refractivity contribution >= 4 is 34.7 Å². The van der Waals surface area contributed by atoms with Crippen molar-refractivity contribution in [3.05, 3.63) is 85.3 Å². The molecule has 0 amide bonds. The molecule has 0 bridgehead atoms. The van der Waals surface area contributed by atoms with Crippen molar-refractivity contribution in [2.45, 2.75) is 6.54 Å². The number of rotatable bonds is 9. The molecule has 0 aliphatic carbocycles. The molecule has 0 saturated carbocycles. The summed E-state index contributed by atoms with van der Waals surface area (Å²) in [7, 11) is 7.28. The average molecular weight is 514 g/mol. The summed E-state index contributed by atoms with van der Waals surface area (Å²) in [5.41, 5.74) is 4.48. The highest BCUT2D eigenvalue weighted by Gasteiger charge is 2.18. The number of aromatic nitrogens is 5. The predicted octanol–water partition coefficient (Wildman–Crippen LogP) is 5.22. The van der Waals surface area contributed by atoms with E-state index in [1.807, 2.05) is 83.3 Å². The lowest BCUT2D eigenvalue weighted by atomic mass is 10.1. The Labute approximate surface area is 220 Å². The van der Waals surface area contributed by atoms with Crippen LogP contribution in [0.5, 0.6) is 11.5 Å².